The van der Waals surface area contributed by atoms with E-state index in [0.29, 0.717) is 19.6 Å². The minimum Gasteiger partial charge on any atom is -0.369 e. The Hall–Kier alpha value is -2.45. The Morgan fingerprint density at radius 2 is 1.96 bits per heavy atom. The molecule has 152 valence electrons. The topological polar surface area (TPSA) is 122 Å². The lowest BCUT2D eigenvalue weighted by molar-refractivity contribution is -0.120. The highest BCUT2D eigenvalue weighted by Gasteiger charge is 2.39. The molecule has 3 amide bonds. The lowest BCUT2D eigenvalue weighted by atomic mass is 9.95. The van der Waals surface area contributed by atoms with Crippen LogP contribution in [0.3, 0.4) is 0 Å². The monoisotopic (exact) mass is 387 g/mol. The molecule has 1 aromatic carbocycles. The number of anilines is 2. The van der Waals surface area contributed by atoms with Gasteiger partial charge in [0, 0.05) is 38.4 Å². The van der Waals surface area contributed by atoms with Crippen LogP contribution in [0.25, 0.3) is 0 Å². The normalized spacial score (nSPS) is 19.9. The van der Waals surface area contributed by atoms with Gasteiger partial charge in [-0.05, 0) is 37.5 Å². The van der Waals surface area contributed by atoms with Gasteiger partial charge >= 0.3 is 0 Å². The molecule has 1 aliphatic carbocycles. The maximum absolute atomic E-state index is 12.9. The van der Waals surface area contributed by atoms with Gasteiger partial charge in [0.2, 0.25) is 17.7 Å². The Bertz CT molecular complexity index is 777. The van der Waals surface area contributed by atoms with Gasteiger partial charge in [-0.15, -0.1) is 0 Å². The first-order chi connectivity index (χ1) is 13.3. The standard InChI is InChI=1S/C20H29N5O3/c1-12-11-24(20(28)14-3-4-14)18-7-15(5-6-17(18)25(12)13(2)26)16(8-21)9-23-10-19(22)27/h5-7,12,14,16,23H,3-4,8-11,21H2,1-2H3,(H2,22,27)/t12-,16?/m0/s1. The zero-order valence-corrected chi connectivity index (χ0v) is 16.5. The van der Waals surface area contributed by atoms with E-state index >= 15 is 0 Å². The number of rotatable bonds is 7. The van der Waals surface area contributed by atoms with E-state index in [2.05, 4.69) is 5.32 Å². The third kappa shape index (κ3) is 4.18. The summed E-state index contributed by atoms with van der Waals surface area (Å²) in [5.74, 6) is -0.278. The number of amides is 3. The zero-order valence-electron chi connectivity index (χ0n) is 16.5. The van der Waals surface area contributed by atoms with Crippen LogP contribution < -0.4 is 26.6 Å². The number of nitrogens with one attached hydrogen (secondary N) is 1. The summed E-state index contributed by atoms with van der Waals surface area (Å²) < 4.78 is 0. The molecule has 8 heteroatoms. The molecule has 5 N–H and O–H groups in total. The van der Waals surface area contributed by atoms with Gasteiger partial charge in [-0.3, -0.25) is 14.4 Å². The summed E-state index contributed by atoms with van der Waals surface area (Å²) in [7, 11) is 0. The molecular formula is C20H29N5O3. The first-order valence-corrected chi connectivity index (χ1v) is 9.77. The van der Waals surface area contributed by atoms with Crippen LogP contribution in [0.1, 0.15) is 38.2 Å². The Morgan fingerprint density at radius 3 is 2.54 bits per heavy atom. The third-order valence-corrected chi connectivity index (χ3v) is 5.42. The number of primary amides is 1. The molecule has 0 saturated heterocycles. The Balaban J connectivity index is 1.93. The lowest BCUT2D eigenvalue weighted by Gasteiger charge is -2.41. The van der Waals surface area contributed by atoms with Crippen molar-refractivity contribution in [1.29, 1.82) is 0 Å². The molecular weight excluding hydrogens is 358 g/mol. The molecule has 0 aromatic heterocycles. The molecule has 2 aliphatic rings. The second-order valence-electron chi connectivity index (χ2n) is 7.74. The van der Waals surface area contributed by atoms with Gasteiger partial charge in [0.1, 0.15) is 0 Å². The van der Waals surface area contributed by atoms with Crippen molar-refractivity contribution in [3.63, 3.8) is 0 Å². The second-order valence-corrected chi connectivity index (χ2v) is 7.74. The van der Waals surface area contributed by atoms with Gasteiger partial charge in [-0.25, -0.2) is 0 Å². The van der Waals surface area contributed by atoms with Crippen LogP contribution in [0.4, 0.5) is 11.4 Å². The number of hydrogen-bond donors (Lipinski definition) is 3. The molecule has 1 aliphatic heterocycles. The molecule has 1 aromatic rings. The van der Waals surface area contributed by atoms with Crippen LogP contribution in [0.15, 0.2) is 18.2 Å². The summed E-state index contributed by atoms with van der Waals surface area (Å²) in [6.07, 6.45) is 1.86. The predicted molar refractivity (Wildman–Crippen MR) is 108 cm³/mol. The van der Waals surface area contributed by atoms with E-state index in [9.17, 15) is 14.4 Å². The highest BCUT2D eigenvalue weighted by Crippen LogP contribution is 2.41. The average Bonchev–Trinajstić information content (AvgIpc) is 3.48. The van der Waals surface area contributed by atoms with Gasteiger partial charge < -0.3 is 26.6 Å². The molecule has 1 heterocycles. The summed E-state index contributed by atoms with van der Waals surface area (Å²) in [4.78, 5) is 39.6. The number of carbonyl (C=O) groups is 3. The van der Waals surface area contributed by atoms with E-state index in [1.54, 1.807) is 11.8 Å². The van der Waals surface area contributed by atoms with Crippen LogP contribution in [0.5, 0.6) is 0 Å². The Kier molecular flexibility index (Phi) is 6.00. The van der Waals surface area contributed by atoms with E-state index in [-0.39, 0.29) is 36.2 Å². The summed E-state index contributed by atoms with van der Waals surface area (Å²) in [5, 5.41) is 3.01. The van der Waals surface area contributed by atoms with E-state index in [1.165, 1.54) is 0 Å². The average molecular weight is 387 g/mol. The maximum atomic E-state index is 12.9. The maximum Gasteiger partial charge on any atom is 0.231 e. The van der Waals surface area contributed by atoms with Gasteiger partial charge in [0.05, 0.1) is 24.0 Å². The summed E-state index contributed by atoms with van der Waals surface area (Å²) >= 11 is 0. The lowest BCUT2D eigenvalue weighted by Crippen LogP contribution is -2.51. The smallest absolute Gasteiger partial charge is 0.231 e. The van der Waals surface area contributed by atoms with Gasteiger partial charge in [0.15, 0.2) is 0 Å². The van der Waals surface area contributed by atoms with E-state index in [4.69, 9.17) is 11.5 Å². The highest BCUT2D eigenvalue weighted by atomic mass is 16.2. The summed E-state index contributed by atoms with van der Waals surface area (Å²) in [5.41, 5.74) is 13.6. The summed E-state index contributed by atoms with van der Waals surface area (Å²) in [6.45, 7) is 4.96. The molecule has 0 spiro atoms. The van der Waals surface area contributed by atoms with E-state index in [0.717, 1.165) is 29.8 Å². The minimum atomic E-state index is -0.423. The molecule has 2 atom stereocenters. The predicted octanol–water partition coefficient (Wildman–Crippen LogP) is 0.302. The second kappa shape index (κ2) is 8.28. The fourth-order valence-corrected chi connectivity index (χ4v) is 3.84. The fraction of sp³-hybridized carbons (Fsp3) is 0.550. The van der Waals surface area contributed by atoms with Crippen molar-refractivity contribution in [1.82, 2.24) is 5.32 Å². The highest BCUT2D eigenvalue weighted by molar-refractivity contribution is 6.05. The number of nitrogens with zero attached hydrogens (tertiary/aromatic N) is 2. The molecule has 0 radical (unpaired) electrons. The summed E-state index contributed by atoms with van der Waals surface area (Å²) in [6, 6.07) is 5.71. The largest absolute Gasteiger partial charge is 0.369 e. The van der Waals surface area contributed by atoms with Gasteiger partial charge in [-0.1, -0.05) is 6.07 Å². The zero-order chi connectivity index (χ0) is 20.4. The van der Waals surface area contributed by atoms with Crippen molar-refractivity contribution in [2.24, 2.45) is 17.4 Å². The van der Waals surface area contributed by atoms with Gasteiger partial charge in [-0.2, -0.15) is 0 Å². The number of fused-ring (bicyclic) bond motifs is 1. The van der Waals surface area contributed by atoms with Crippen LogP contribution in [0.2, 0.25) is 0 Å². The van der Waals surface area contributed by atoms with E-state index < -0.39 is 5.91 Å². The molecule has 1 fully saturated rings. The van der Waals surface area contributed by atoms with Crippen molar-refractivity contribution in [2.75, 3.05) is 36.0 Å². The molecule has 8 nitrogen and oxygen atoms in total. The van der Waals surface area contributed by atoms with Gasteiger partial charge in [0.25, 0.3) is 0 Å². The SMILES string of the molecule is CC(=O)N1c2ccc(C(CN)CNCC(N)=O)cc2N(C(=O)C2CC2)C[C@@H]1C. The number of benzene rings is 1. The third-order valence-electron chi connectivity index (χ3n) is 5.42. The first-order valence-electron chi connectivity index (χ1n) is 9.77. The molecule has 28 heavy (non-hydrogen) atoms. The van der Waals surface area contributed by atoms with Crippen molar-refractivity contribution in [2.45, 2.75) is 38.6 Å². The number of carbonyl (C=O) groups excluding carboxylic acids is 3. The fourth-order valence-electron chi connectivity index (χ4n) is 3.84. The quantitative estimate of drug-likeness (QED) is 0.621. The van der Waals surface area contributed by atoms with Crippen LogP contribution in [-0.4, -0.2) is 49.9 Å². The van der Waals surface area contributed by atoms with Crippen molar-refractivity contribution in [3.05, 3.63) is 23.8 Å². The molecule has 1 unspecified atom stereocenters. The van der Waals surface area contributed by atoms with Crippen LogP contribution >= 0.6 is 0 Å². The van der Waals surface area contributed by atoms with Crippen molar-refractivity contribution in [3.8, 4) is 0 Å². The number of nitrogens with two attached hydrogens (primary N) is 2. The van der Waals surface area contributed by atoms with Crippen LogP contribution in [-0.2, 0) is 14.4 Å². The Labute approximate surface area is 165 Å². The Morgan fingerprint density at radius 1 is 1.25 bits per heavy atom. The minimum absolute atomic E-state index is 0.0346. The molecule has 1 saturated carbocycles. The van der Waals surface area contributed by atoms with Crippen molar-refractivity contribution < 1.29 is 14.4 Å². The van der Waals surface area contributed by atoms with Crippen molar-refractivity contribution >= 4 is 29.1 Å². The molecule has 3 rings (SSSR count). The number of hydrogen-bond acceptors (Lipinski definition) is 5. The van der Waals surface area contributed by atoms with Crippen LogP contribution in [0, 0.1) is 5.92 Å². The van der Waals surface area contributed by atoms with E-state index in [1.807, 2.05) is 30.0 Å². The molecule has 0 bridgehead atoms. The first kappa shape index (κ1) is 20.3.